The maximum Gasteiger partial charge on any atom is 0.225 e. The minimum atomic E-state index is -0.462. The summed E-state index contributed by atoms with van der Waals surface area (Å²) in [5, 5.41) is 3.37. The molecule has 1 aromatic rings. The molecule has 0 aliphatic rings. The second-order valence-electron chi connectivity index (χ2n) is 1.49. The van der Waals surface area contributed by atoms with Crippen LogP contribution in [0.5, 0.6) is 0 Å². The fourth-order valence-corrected chi connectivity index (χ4v) is 0.426. The summed E-state index contributed by atoms with van der Waals surface area (Å²) in [6, 6.07) is 0. The van der Waals surface area contributed by atoms with Gasteiger partial charge in [0.05, 0.1) is 6.42 Å². The molecule has 0 aliphatic heterocycles. The van der Waals surface area contributed by atoms with Crippen LogP contribution in [0.1, 0.15) is 5.82 Å². The first-order chi connectivity index (χ1) is 4.29. The summed E-state index contributed by atoms with van der Waals surface area (Å²) in [5.41, 5.74) is 4.82. The van der Waals surface area contributed by atoms with Crippen molar-refractivity contribution in [1.29, 1.82) is 0 Å². The van der Waals surface area contributed by atoms with Crippen molar-refractivity contribution in [3.8, 4) is 0 Å². The van der Waals surface area contributed by atoms with Gasteiger partial charge in [-0.15, -0.1) is 0 Å². The average Bonchev–Trinajstić information content (AvgIpc) is 2.15. The predicted octanol–water partition coefficient (Wildman–Crippen LogP) is -0.903. The number of primary amides is 1. The molecule has 0 saturated heterocycles. The minimum Gasteiger partial charge on any atom is -0.369 e. The van der Waals surface area contributed by atoms with Gasteiger partial charge in [0.25, 0.3) is 0 Å². The molecule has 0 radical (unpaired) electrons. The highest BCUT2D eigenvalue weighted by molar-refractivity contribution is 5.75. The van der Waals surface area contributed by atoms with E-state index in [9.17, 15) is 4.79 Å². The van der Waals surface area contributed by atoms with E-state index in [0.29, 0.717) is 5.82 Å². The summed E-state index contributed by atoms with van der Waals surface area (Å²) >= 11 is 0. The summed E-state index contributed by atoms with van der Waals surface area (Å²) in [6.45, 7) is 0. The fourth-order valence-electron chi connectivity index (χ4n) is 0.426. The third kappa shape index (κ3) is 1.52. The van der Waals surface area contributed by atoms with Crippen LogP contribution in [-0.4, -0.2) is 16.0 Å². The standard InChI is InChI=1S/C4H5N3O2/c5-3(8)1-4-6-2-9-7-4/h2H,1H2,(H2,5,8). The lowest BCUT2D eigenvalue weighted by Gasteiger charge is -1.82. The molecule has 1 amide bonds. The Balaban J connectivity index is 2.58. The second kappa shape index (κ2) is 2.25. The second-order valence-corrected chi connectivity index (χ2v) is 1.49. The zero-order valence-electron chi connectivity index (χ0n) is 4.57. The Hall–Kier alpha value is -1.39. The van der Waals surface area contributed by atoms with E-state index in [0.717, 1.165) is 6.39 Å². The van der Waals surface area contributed by atoms with Gasteiger partial charge in [0.2, 0.25) is 12.3 Å². The number of carbonyl (C=O) groups excluding carboxylic acids is 1. The number of aromatic nitrogens is 2. The molecule has 1 rings (SSSR count). The molecule has 0 fully saturated rings. The molecule has 5 heteroatoms. The van der Waals surface area contributed by atoms with Gasteiger partial charge in [0.1, 0.15) is 0 Å². The van der Waals surface area contributed by atoms with Crippen LogP contribution in [0.25, 0.3) is 0 Å². The van der Waals surface area contributed by atoms with Crippen LogP contribution in [0.15, 0.2) is 10.9 Å². The molecule has 1 aromatic heterocycles. The first-order valence-corrected chi connectivity index (χ1v) is 2.32. The van der Waals surface area contributed by atoms with Crippen LogP contribution in [0.2, 0.25) is 0 Å². The monoisotopic (exact) mass is 127 g/mol. The van der Waals surface area contributed by atoms with E-state index in [1.165, 1.54) is 0 Å². The summed E-state index contributed by atoms with van der Waals surface area (Å²) in [5.74, 6) is -0.140. The Kier molecular flexibility index (Phi) is 1.44. The quantitative estimate of drug-likeness (QED) is 0.558. The average molecular weight is 127 g/mol. The van der Waals surface area contributed by atoms with E-state index in [1.54, 1.807) is 0 Å². The van der Waals surface area contributed by atoms with Gasteiger partial charge in [0.15, 0.2) is 5.82 Å². The highest BCUT2D eigenvalue weighted by Gasteiger charge is 2.00. The van der Waals surface area contributed by atoms with Crippen molar-refractivity contribution >= 4 is 5.91 Å². The molecule has 5 nitrogen and oxygen atoms in total. The molecule has 0 bridgehead atoms. The lowest BCUT2D eigenvalue weighted by Crippen LogP contribution is -2.14. The summed E-state index contributed by atoms with van der Waals surface area (Å²) in [6.07, 6.45) is 1.19. The number of carbonyl (C=O) groups is 1. The van der Waals surface area contributed by atoms with E-state index in [-0.39, 0.29) is 6.42 Å². The van der Waals surface area contributed by atoms with Crippen LogP contribution < -0.4 is 5.73 Å². The topological polar surface area (TPSA) is 82.0 Å². The first kappa shape index (κ1) is 5.74. The van der Waals surface area contributed by atoms with E-state index >= 15 is 0 Å². The zero-order chi connectivity index (χ0) is 6.69. The molecular weight excluding hydrogens is 122 g/mol. The van der Waals surface area contributed by atoms with E-state index < -0.39 is 5.91 Å². The fraction of sp³-hybridized carbons (Fsp3) is 0.250. The van der Waals surface area contributed by atoms with Gasteiger partial charge in [-0.05, 0) is 0 Å². The molecule has 1 heterocycles. The minimum absolute atomic E-state index is 0.0382. The molecule has 9 heavy (non-hydrogen) atoms. The molecule has 2 N–H and O–H groups in total. The molecule has 48 valence electrons. The van der Waals surface area contributed by atoms with E-state index in [2.05, 4.69) is 14.7 Å². The van der Waals surface area contributed by atoms with Gasteiger partial charge >= 0.3 is 0 Å². The molecular formula is C4H5N3O2. The molecule has 0 saturated carbocycles. The van der Waals surface area contributed by atoms with Gasteiger partial charge in [-0.3, -0.25) is 4.79 Å². The summed E-state index contributed by atoms with van der Waals surface area (Å²) in [4.78, 5) is 13.7. The SMILES string of the molecule is NC(=O)Cc1ncon1. The number of hydrogen-bond acceptors (Lipinski definition) is 4. The summed E-state index contributed by atoms with van der Waals surface area (Å²) in [7, 11) is 0. The van der Waals surface area contributed by atoms with Crippen molar-refractivity contribution in [3.63, 3.8) is 0 Å². The lowest BCUT2D eigenvalue weighted by atomic mass is 10.4. The maximum absolute atomic E-state index is 10.2. The normalized spacial score (nSPS) is 9.33. The Morgan fingerprint density at radius 2 is 2.67 bits per heavy atom. The van der Waals surface area contributed by atoms with Crippen LogP contribution in [0.4, 0.5) is 0 Å². The number of nitrogens with two attached hydrogens (primary N) is 1. The maximum atomic E-state index is 10.2. The van der Waals surface area contributed by atoms with Crippen molar-refractivity contribution in [1.82, 2.24) is 10.1 Å². The smallest absolute Gasteiger partial charge is 0.225 e. The predicted molar refractivity (Wildman–Crippen MR) is 27.2 cm³/mol. The lowest BCUT2D eigenvalue weighted by molar-refractivity contribution is -0.117. The van der Waals surface area contributed by atoms with Gasteiger partial charge in [0, 0.05) is 0 Å². The van der Waals surface area contributed by atoms with Crippen molar-refractivity contribution in [2.45, 2.75) is 6.42 Å². The zero-order valence-corrected chi connectivity index (χ0v) is 4.57. The molecule has 0 atom stereocenters. The summed E-state index contributed by atoms with van der Waals surface area (Å²) < 4.78 is 4.35. The third-order valence-corrected chi connectivity index (χ3v) is 0.739. The van der Waals surface area contributed by atoms with E-state index in [1.807, 2.05) is 0 Å². The van der Waals surface area contributed by atoms with Gasteiger partial charge in [-0.25, -0.2) is 0 Å². The van der Waals surface area contributed by atoms with Crippen LogP contribution in [0, 0.1) is 0 Å². The number of nitrogens with zero attached hydrogens (tertiary/aromatic N) is 2. The molecule has 0 spiro atoms. The van der Waals surface area contributed by atoms with Crippen LogP contribution in [-0.2, 0) is 11.2 Å². The van der Waals surface area contributed by atoms with Crippen molar-refractivity contribution in [3.05, 3.63) is 12.2 Å². The Labute approximate surface area is 50.8 Å². The molecule has 0 unspecified atom stereocenters. The molecule has 0 aromatic carbocycles. The third-order valence-electron chi connectivity index (χ3n) is 0.739. The first-order valence-electron chi connectivity index (χ1n) is 2.32. The number of amides is 1. The number of hydrogen-bond donors (Lipinski definition) is 1. The van der Waals surface area contributed by atoms with Gasteiger partial charge in [-0.1, -0.05) is 5.16 Å². The molecule has 0 aliphatic carbocycles. The van der Waals surface area contributed by atoms with Crippen molar-refractivity contribution in [2.24, 2.45) is 5.73 Å². The van der Waals surface area contributed by atoms with Crippen LogP contribution >= 0.6 is 0 Å². The van der Waals surface area contributed by atoms with Crippen molar-refractivity contribution < 1.29 is 9.32 Å². The van der Waals surface area contributed by atoms with Gasteiger partial charge in [-0.2, -0.15) is 4.98 Å². The number of rotatable bonds is 2. The highest BCUT2D eigenvalue weighted by atomic mass is 16.5. The van der Waals surface area contributed by atoms with Gasteiger partial charge < -0.3 is 10.3 Å². The Morgan fingerprint density at radius 1 is 1.89 bits per heavy atom. The largest absolute Gasteiger partial charge is 0.369 e. The van der Waals surface area contributed by atoms with Crippen molar-refractivity contribution in [2.75, 3.05) is 0 Å². The van der Waals surface area contributed by atoms with E-state index in [4.69, 9.17) is 5.73 Å². The Morgan fingerprint density at radius 3 is 3.11 bits per heavy atom. The highest BCUT2D eigenvalue weighted by Crippen LogP contribution is 1.86. The van der Waals surface area contributed by atoms with Crippen LogP contribution in [0.3, 0.4) is 0 Å². The Bertz CT molecular complexity index is 194.